The van der Waals surface area contributed by atoms with E-state index in [1.165, 1.54) is 37.0 Å². The average molecular weight is 655 g/mol. The lowest BCUT2D eigenvalue weighted by atomic mass is 9.47. The number of ether oxygens (including phenoxy) is 4. The Kier molecular flexibility index (Phi) is 11.1. The van der Waals surface area contributed by atoms with Gasteiger partial charge in [0.2, 0.25) is 0 Å². The van der Waals surface area contributed by atoms with E-state index in [2.05, 4.69) is 13.8 Å². The molecule has 0 spiro atoms. The average Bonchev–Trinajstić information content (AvgIpc) is 3.36. The molecule has 3 fully saturated rings. The minimum Gasteiger partial charge on any atom is -0.505 e. The number of aromatic hydroxyl groups is 1. The number of benzene rings is 1. The molecule has 6 unspecified atom stereocenters. The third-order valence-electron chi connectivity index (χ3n) is 11.6. The number of hydrogen-bond donors (Lipinski definition) is 3. The number of rotatable bonds is 15. The van der Waals surface area contributed by atoms with Gasteiger partial charge in [0.1, 0.15) is 23.7 Å². The summed E-state index contributed by atoms with van der Waals surface area (Å²) in [5.74, 6) is -0.0498. The van der Waals surface area contributed by atoms with E-state index in [1.807, 2.05) is 6.08 Å². The van der Waals surface area contributed by atoms with Crippen LogP contribution >= 0.6 is 0 Å². The van der Waals surface area contributed by atoms with E-state index in [9.17, 15) is 24.3 Å². The summed E-state index contributed by atoms with van der Waals surface area (Å²) in [5, 5.41) is 9.92. The molecule has 1 aromatic rings. The SMILES string of the molecule is CC12CCC(=O)C=C1CCC1C2CCC2(C)C(OCCC(=O)CCCOCCOCC(=O)Oc3ccc(N)c(O)c3C(N)=O)CCC12. The fourth-order valence-electron chi connectivity index (χ4n) is 9.04. The lowest BCUT2D eigenvalue weighted by molar-refractivity contribution is -0.140. The van der Waals surface area contributed by atoms with Crippen molar-refractivity contribution in [3.8, 4) is 11.5 Å². The molecule has 1 aromatic carbocycles. The van der Waals surface area contributed by atoms with E-state index >= 15 is 0 Å². The molecule has 47 heavy (non-hydrogen) atoms. The van der Waals surface area contributed by atoms with Crippen LogP contribution in [0.5, 0.6) is 11.5 Å². The summed E-state index contributed by atoms with van der Waals surface area (Å²) in [7, 11) is 0. The highest BCUT2D eigenvalue weighted by Gasteiger charge is 2.59. The minimum atomic E-state index is -0.984. The molecule has 0 saturated heterocycles. The standard InChI is InChI=1S/C36H50N2O9/c1-35-14-11-24(40)20-22(35)5-6-25-26-7-10-30(36(26,2)15-12-27(25)35)46-17-13-23(39)4-3-16-44-18-19-45-21-31(41)47-29-9-8-28(37)33(42)32(29)34(38)43/h8-9,20,25-27,30,42H,3-7,10-19,21,37H2,1-2H3,(H2,38,43). The van der Waals surface area contributed by atoms with Crippen molar-refractivity contribution in [2.24, 2.45) is 34.3 Å². The summed E-state index contributed by atoms with van der Waals surface area (Å²) in [6.45, 7) is 5.65. The number of hydrogen-bond acceptors (Lipinski definition) is 10. The molecule has 0 aliphatic heterocycles. The molecule has 4 aliphatic carbocycles. The van der Waals surface area contributed by atoms with Crippen LogP contribution in [0.15, 0.2) is 23.8 Å². The molecule has 3 saturated carbocycles. The lowest BCUT2D eigenvalue weighted by Crippen LogP contribution is -2.51. The van der Waals surface area contributed by atoms with Gasteiger partial charge in [0.15, 0.2) is 11.5 Å². The van der Waals surface area contributed by atoms with Crippen molar-refractivity contribution in [2.45, 2.75) is 90.6 Å². The number of Topliss-reactive ketones (excluding diaryl/α,β-unsaturated/α-hetero) is 1. The molecule has 0 radical (unpaired) electrons. The third kappa shape index (κ3) is 7.57. The largest absolute Gasteiger partial charge is 0.505 e. The monoisotopic (exact) mass is 654 g/mol. The van der Waals surface area contributed by atoms with Gasteiger partial charge >= 0.3 is 5.97 Å². The number of fused-ring (bicyclic) bond motifs is 5. The number of esters is 1. The molecular weight excluding hydrogens is 604 g/mol. The fraction of sp³-hybridized carbons (Fsp3) is 0.667. The summed E-state index contributed by atoms with van der Waals surface area (Å²) < 4.78 is 22.3. The van der Waals surface area contributed by atoms with Gasteiger partial charge in [-0.3, -0.25) is 14.4 Å². The highest BCUT2D eigenvalue weighted by Crippen LogP contribution is 2.65. The molecular formula is C36H50N2O9. The van der Waals surface area contributed by atoms with Gasteiger partial charge in [-0.2, -0.15) is 0 Å². The highest BCUT2D eigenvalue weighted by atomic mass is 16.6. The molecule has 11 heteroatoms. The lowest BCUT2D eigenvalue weighted by Gasteiger charge is -2.58. The summed E-state index contributed by atoms with van der Waals surface area (Å²) in [6.07, 6.45) is 12.1. The van der Waals surface area contributed by atoms with Gasteiger partial charge in [-0.25, -0.2) is 4.79 Å². The van der Waals surface area contributed by atoms with Gasteiger partial charge in [-0.15, -0.1) is 0 Å². The van der Waals surface area contributed by atoms with E-state index in [-0.39, 0.29) is 52.9 Å². The first-order valence-corrected chi connectivity index (χ1v) is 17.1. The first kappa shape index (κ1) is 35.0. The Morgan fingerprint density at radius 1 is 0.936 bits per heavy atom. The van der Waals surface area contributed by atoms with Crippen molar-refractivity contribution in [3.63, 3.8) is 0 Å². The Morgan fingerprint density at radius 3 is 2.51 bits per heavy atom. The van der Waals surface area contributed by atoms with E-state index in [4.69, 9.17) is 30.4 Å². The molecule has 11 nitrogen and oxygen atoms in total. The van der Waals surface area contributed by atoms with Gasteiger partial charge in [0.05, 0.1) is 31.6 Å². The van der Waals surface area contributed by atoms with Crippen LogP contribution in [-0.2, 0) is 28.6 Å². The molecule has 5 N–H and O–H groups in total. The van der Waals surface area contributed by atoms with Gasteiger partial charge in [0, 0.05) is 25.9 Å². The second kappa shape index (κ2) is 14.9. The van der Waals surface area contributed by atoms with Crippen LogP contribution in [0.2, 0.25) is 0 Å². The maximum Gasteiger partial charge on any atom is 0.337 e. The number of nitrogen functional groups attached to an aromatic ring is 1. The van der Waals surface area contributed by atoms with Crippen molar-refractivity contribution in [1.29, 1.82) is 0 Å². The zero-order valence-corrected chi connectivity index (χ0v) is 27.7. The molecule has 1 amide bonds. The zero-order chi connectivity index (χ0) is 33.8. The van der Waals surface area contributed by atoms with Crippen LogP contribution in [0.4, 0.5) is 5.69 Å². The molecule has 258 valence electrons. The molecule has 0 aromatic heterocycles. The predicted octanol–water partition coefficient (Wildman–Crippen LogP) is 4.67. The maximum absolute atomic E-state index is 12.5. The van der Waals surface area contributed by atoms with Crippen molar-refractivity contribution < 1.29 is 43.2 Å². The summed E-state index contributed by atoms with van der Waals surface area (Å²) >= 11 is 0. The van der Waals surface area contributed by atoms with Gasteiger partial charge in [0.25, 0.3) is 5.91 Å². The van der Waals surface area contributed by atoms with Gasteiger partial charge in [-0.05, 0) is 98.2 Å². The van der Waals surface area contributed by atoms with Crippen LogP contribution in [0.3, 0.4) is 0 Å². The quantitative estimate of drug-likeness (QED) is 0.0792. The van der Waals surface area contributed by atoms with E-state index in [1.54, 1.807) is 0 Å². The number of carbonyl (C=O) groups excluding carboxylic acids is 4. The van der Waals surface area contributed by atoms with Crippen molar-refractivity contribution in [3.05, 3.63) is 29.3 Å². The summed E-state index contributed by atoms with van der Waals surface area (Å²) in [5.41, 5.74) is 12.1. The Morgan fingerprint density at radius 2 is 1.72 bits per heavy atom. The predicted molar refractivity (Wildman–Crippen MR) is 174 cm³/mol. The normalized spacial score (nSPS) is 29.7. The maximum atomic E-state index is 12.5. The molecule has 5 rings (SSSR count). The van der Waals surface area contributed by atoms with Crippen molar-refractivity contribution in [2.75, 3.05) is 38.8 Å². The summed E-state index contributed by atoms with van der Waals surface area (Å²) in [6, 6.07) is 2.56. The number of nitrogens with two attached hydrogens (primary N) is 2. The molecule has 0 bridgehead atoms. The second-order valence-electron chi connectivity index (χ2n) is 14.2. The Labute approximate surface area is 276 Å². The second-order valence-corrected chi connectivity index (χ2v) is 14.2. The Bertz CT molecular complexity index is 1390. The third-order valence-corrected chi connectivity index (χ3v) is 11.6. The number of allylic oxidation sites excluding steroid dienone is 1. The zero-order valence-electron chi connectivity index (χ0n) is 27.7. The molecule has 4 aliphatic rings. The first-order valence-electron chi connectivity index (χ1n) is 17.1. The number of ketones is 2. The van der Waals surface area contributed by atoms with Crippen LogP contribution in [0, 0.1) is 28.6 Å². The number of anilines is 1. The number of phenols is 1. The Balaban J connectivity index is 0.936. The molecule has 0 heterocycles. The van der Waals surface area contributed by atoms with Crippen molar-refractivity contribution >= 4 is 29.1 Å². The smallest absolute Gasteiger partial charge is 0.337 e. The fourth-order valence-corrected chi connectivity index (χ4v) is 9.04. The van der Waals surface area contributed by atoms with Crippen molar-refractivity contribution in [1.82, 2.24) is 0 Å². The first-order chi connectivity index (χ1) is 22.4. The molecule has 6 atom stereocenters. The van der Waals surface area contributed by atoms with Crippen LogP contribution < -0.4 is 16.2 Å². The van der Waals surface area contributed by atoms with E-state index < -0.39 is 24.2 Å². The van der Waals surface area contributed by atoms with E-state index in [0.717, 1.165) is 25.7 Å². The Hall–Kier alpha value is -3.28. The summed E-state index contributed by atoms with van der Waals surface area (Å²) in [4.78, 5) is 48.3. The van der Waals surface area contributed by atoms with Gasteiger partial charge in [-0.1, -0.05) is 19.4 Å². The van der Waals surface area contributed by atoms with Crippen LogP contribution in [0.1, 0.15) is 94.8 Å². The topological polar surface area (TPSA) is 177 Å². The van der Waals surface area contributed by atoms with Crippen LogP contribution in [0.25, 0.3) is 0 Å². The highest BCUT2D eigenvalue weighted by molar-refractivity contribution is 6.00. The van der Waals surface area contributed by atoms with E-state index in [0.29, 0.717) is 62.4 Å². The number of carbonyl (C=O) groups is 4. The van der Waals surface area contributed by atoms with Gasteiger partial charge < -0.3 is 35.5 Å². The number of primary amides is 1. The number of amides is 1. The minimum absolute atomic E-state index is 0.0675. The van der Waals surface area contributed by atoms with Crippen LogP contribution in [-0.4, -0.2) is 67.7 Å².